The summed E-state index contributed by atoms with van der Waals surface area (Å²) in [7, 11) is -2.18. The fourth-order valence-electron chi connectivity index (χ4n) is 2.77. The van der Waals surface area contributed by atoms with Gasteiger partial charge in [0, 0.05) is 16.6 Å². The molecular weight excluding hydrogens is 380 g/mol. The molecule has 0 saturated carbocycles. The second-order valence-corrected chi connectivity index (χ2v) is 9.21. The highest BCUT2D eigenvalue weighted by Gasteiger charge is 2.22. The minimum absolute atomic E-state index is 0.0682. The van der Waals surface area contributed by atoms with Crippen molar-refractivity contribution < 1.29 is 13.2 Å². The van der Waals surface area contributed by atoms with Gasteiger partial charge in [0.15, 0.2) is 0 Å². The molecule has 0 aliphatic rings. The molecule has 1 aromatic heterocycles. The summed E-state index contributed by atoms with van der Waals surface area (Å²) in [5, 5.41) is 2.88. The number of aromatic nitrogens is 1. The number of benzene rings is 2. The number of ether oxygens (including phenoxy) is 1. The van der Waals surface area contributed by atoms with E-state index in [9.17, 15) is 8.42 Å². The number of hydrogen-bond acceptors (Lipinski definition) is 5. The first-order valence-electron chi connectivity index (χ1n) is 8.53. The standard InChI is InChI=1S/C20H22N2O3S2/c1-13(2)18-10-5-15(19-12-26-14(3)21-19)11-20(18)27(23,24)22-16-6-8-17(25-4)9-7-16/h5-13,22H,1-4H3. The lowest BCUT2D eigenvalue weighted by molar-refractivity contribution is 0.415. The topological polar surface area (TPSA) is 68.3 Å². The van der Waals surface area contributed by atoms with Gasteiger partial charge in [-0.05, 0) is 48.7 Å². The third-order valence-electron chi connectivity index (χ3n) is 4.18. The number of aryl methyl sites for hydroxylation is 1. The van der Waals surface area contributed by atoms with Gasteiger partial charge in [-0.25, -0.2) is 13.4 Å². The lowest BCUT2D eigenvalue weighted by atomic mass is 10.0. The van der Waals surface area contributed by atoms with Gasteiger partial charge in [-0.1, -0.05) is 26.0 Å². The van der Waals surface area contributed by atoms with Gasteiger partial charge in [0.05, 0.1) is 22.7 Å². The zero-order valence-corrected chi connectivity index (χ0v) is 17.3. The van der Waals surface area contributed by atoms with Crippen molar-refractivity contribution in [3.63, 3.8) is 0 Å². The van der Waals surface area contributed by atoms with E-state index in [4.69, 9.17) is 4.74 Å². The Morgan fingerprint density at radius 1 is 1.11 bits per heavy atom. The SMILES string of the molecule is COc1ccc(NS(=O)(=O)c2cc(-c3csc(C)n3)ccc2C(C)C)cc1. The van der Waals surface area contributed by atoms with E-state index in [1.165, 1.54) is 0 Å². The van der Waals surface area contributed by atoms with Gasteiger partial charge in [-0.3, -0.25) is 4.72 Å². The van der Waals surface area contributed by atoms with Crippen LogP contribution in [0, 0.1) is 6.92 Å². The molecule has 0 saturated heterocycles. The van der Waals surface area contributed by atoms with Gasteiger partial charge in [0.25, 0.3) is 10.0 Å². The van der Waals surface area contributed by atoms with Crippen LogP contribution in [0.4, 0.5) is 5.69 Å². The number of nitrogens with one attached hydrogen (secondary N) is 1. The van der Waals surface area contributed by atoms with Crippen molar-refractivity contribution in [2.45, 2.75) is 31.6 Å². The Bertz CT molecular complexity index is 1040. The largest absolute Gasteiger partial charge is 0.497 e. The maximum absolute atomic E-state index is 13.1. The first kappa shape index (κ1) is 19.4. The molecule has 0 atom stereocenters. The zero-order valence-electron chi connectivity index (χ0n) is 15.7. The van der Waals surface area contributed by atoms with E-state index in [1.807, 2.05) is 38.3 Å². The summed E-state index contributed by atoms with van der Waals surface area (Å²) >= 11 is 1.54. The second-order valence-electron chi connectivity index (χ2n) is 6.49. The fourth-order valence-corrected chi connectivity index (χ4v) is 4.84. The van der Waals surface area contributed by atoms with Crippen LogP contribution in [0.25, 0.3) is 11.3 Å². The van der Waals surface area contributed by atoms with Gasteiger partial charge in [-0.2, -0.15) is 0 Å². The van der Waals surface area contributed by atoms with Crippen molar-refractivity contribution in [3.8, 4) is 17.0 Å². The Kier molecular flexibility index (Phi) is 5.53. The minimum atomic E-state index is -3.75. The van der Waals surface area contributed by atoms with Crippen LogP contribution < -0.4 is 9.46 Å². The maximum Gasteiger partial charge on any atom is 0.262 e. The normalized spacial score (nSPS) is 11.6. The van der Waals surface area contributed by atoms with Crippen LogP contribution in [-0.2, 0) is 10.0 Å². The number of methoxy groups -OCH3 is 1. The fraction of sp³-hybridized carbons (Fsp3) is 0.250. The molecule has 1 N–H and O–H groups in total. The number of sulfonamides is 1. The number of rotatable bonds is 6. The molecule has 5 nitrogen and oxygen atoms in total. The zero-order chi connectivity index (χ0) is 19.6. The van der Waals surface area contributed by atoms with Gasteiger partial charge >= 0.3 is 0 Å². The molecule has 0 fully saturated rings. The summed E-state index contributed by atoms with van der Waals surface area (Å²) in [5.41, 5.74) is 2.83. The molecule has 0 radical (unpaired) electrons. The maximum atomic E-state index is 13.1. The average molecular weight is 403 g/mol. The highest BCUT2D eigenvalue weighted by atomic mass is 32.2. The van der Waals surface area contributed by atoms with Crippen LogP contribution in [0.3, 0.4) is 0 Å². The van der Waals surface area contributed by atoms with Crippen LogP contribution in [0.15, 0.2) is 52.7 Å². The van der Waals surface area contributed by atoms with E-state index in [-0.39, 0.29) is 10.8 Å². The molecule has 7 heteroatoms. The molecule has 0 bridgehead atoms. The minimum Gasteiger partial charge on any atom is -0.497 e. The Morgan fingerprint density at radius 2 is 1.81 bits per heavy atom. The molecule has 27 heavy (non-hydrogen) atoms. The summed E-state index contributed by atoms with van der Waals surface area (Å²) in [6, 6.07) is 12.3. The van der Waals surface area contributed by atoms with Crippen LogP contribution in [0.1, 0.15) is 30.3 Å². The Balaban J connectivity index is 2.03. The van der Waals surface area contributed by atoms with Gasteiger partial charge < -0.3 is 4.74 Å². The van der Waals surface area contributed by atoms with Crippen molar-refractivity contribution >= 4 is 27.0 Å². The predicted octanol–water partition coefficient (Wildman–Crippen LogP) is 5.05. The van der Waals surface area contributed by atoms with Crippen molar-refractivity contribution in [1.29, 1.82) is 0 Å². The second kappa shape index (κ2) is 7.70. The number of thiazole rings is 1. The molecule has 3 aromatic rings. The first-order valence-corrected chi connectivity index (χ1v) is 10.9. The molecule has 0 unspecified atom stereocenters. The molecule has 2 aromatic carbocycles. The Hall–Kier alpha value is -2.38. The number of nitrogens with zero attached hydrogens (tertiary/aromatic N) is 1. The molecule has 1 heterocycles. The van der Waals surface area contributed by atoms with Gasteiger partial charge in [0.2, 0.25) is 0 Å². The summed E-state index contributed by atoms with van der Waals surface area (Å²) in [5.74, 6) is 0.736. The number of anilines is 1. The molecule has 0 aliphatic carbocycles. The van der Waals surface area contributed by atoms with Gasteiger partial charge in [0.1, 0.15) is 5.75 Å². The highest BCUT2D eigenvalue weighted by Crippen LogP contribution is 2.31. The molecule has 3 rings (SSSR count). The highest BCUT2D eigenvalue weighted by molar-refractivity contribution is 7.92. The van der Waals surface area contributed by atoms with E-state index >= 15 is 0 Å². The van der Waals surface area contributed by atoms with Crippen LogP contribution in [-0.4, -0.2) is 20.5 Å². The smallest absolute Gasteiger partial charge is 0.262 e. The third-order valence-corrected chi connectivity index (χ3v) is 6.39. The lowest BCUT2D eigenvalue weighted by Gasteiger charge is -2.16. The summed E-state index contributed by atoms with van der Waals surface area (Å²) in [6.45, 7) is 5.89. The van der Waals surface area contributed by atoms with Crippen molar-refractivity contribution in [2.24, 2.45) is 0 Å². The van der Waals surface area contributed by atoms with Crippen LogP contribution >= 0.6 is 11.3 Å². The van der Waals surface area contributed by atoms with E-state index in [0.717, 1.165) is 21.8 Å². The lowest BCUT2D eigenvalue weighted by Crippen LogP contribution is -2.15. The number of hydrogen-bond donors (Lipinski definition) is 1. The summed E-state index contributed by atoms with van der Waals surface area (Å²) in [4.78, 5) is 4.75. The van der Waals surface area contributed by atoms with E-state index in [0.29, 0.717) is 11.4 Å². The molecule has 0 aliphatic heterocycles. The van der Waals surface area contributed by atoms with Crippen LogP contribution in [0.5, 0.6) is 5.75 Å². The van der Waals surface area contributed by atoms with Gasteiger partial charge in [-0.15, -0.1) is 11.3 Å². The van der Waals surface area contributed by atoms with E-state index in [1.54, 1.807) is 48.8 Å². The average Bonchev–Trinajstić information content (AvgIpc) is 3.08. The predicted molar refractivity (Wildman–Crippen MR) is 110 cm³/mol. The van der Waals surface area contributed by atoms with Crippen molar-refractivity contribution in [1.82, 2.24) is 4.98 Å². The summed E-state index contributed by atoms with van der Waals surface area (Å²) < 4.78 is 34.0. The molecule has 0 spiro atoms. The summed E-state index contributed by atoms with van der Waals surface area (Å²) in [6.07, 6.45) is 0. The molecule has 142 valence electrons. The van der Waals surface area contributed by atoms with E-state index in [2.05, 4.69) is 9.71 Å². The van der Waals surface area contributed by atoms with Crippen molar-refractivity contribution in [2.75, 3.05) is 11.8 Å². The van der Waals surface area contributed by atoms with Crippen molar-refractivity contribution in [3.05, 3.63) is 58.4 Å². The quantitative estimate of drug-likeness (QED) is 0.626. The Morgan fingerprint density at radius 3 is 2.37 bits per heavy atom. The monoisotopic (exact) mass is 402 g/mol. The van der Waals surface area contributed by atoms with E-state index < -0.39 is 10.0 Å². The van der Waals surface area contributed by atoms with Crippen LogP contribution in [0.2, 0.25) is 0 Å². The molecule has 0 amide bonds. The third kappa shape index (κ3) is 4.31. The Labute approximate surface area is 164 Å². The molecular formula is C20H22N2O3S2. The first-order chi connectivity index (χ1) is 12.8.